The van der Waals surface area contributed by atoms with Crippen molar-refractivity contribution in [1.29, 1.82) is 0 Å². The zero-order valence-corrected chi connectivity index (χ0v) is 13.7. The van der Waals surface area contributed by atoms with Crippen molar-refractivity contribution in [3.8, 4) is 0 Å². The summed E-state index contributed by atoms with van der Waals surface area (Å²) in [5, 5.41) is 0. The van der Waals surface area contributed by atoms with Gasteiger partial charge in [0.15, 0.2) is 0 Å². The summed E-state index contributed by atoms with van der Waals surface area (Å²) in [5.74, 6) is 0.808. The molecule has 0 saturated carbocycles. The second-order valence-electron chi connectivity index (χ2n) is 6.14. The maximum absolute atomic E-state index is 6.09. The molecule has 0 aromatic heterocycles. The van der Waals surface area contributed by atoms with Crippen LogP contribution in [0, 0.1) is 5.92 Å². The molecule has 0 radical (unpaired) electrons. The van der Waals surface area contributed by atoms with Crippen molar-refractivity contribution in [2.24, 2.45) is 5.92 Å². The number of rotatable bonds is 9. The quantitative estimate of drug-likeness (QED) is 0.663. The molecule has 0 fully saturated rings. The third-order valence-electron chi connectivity index (χ3n) is 4.19. The van der Waals surface area contributed by atoms with Crippen LogP contribution in [0.15, 0.2) is 24.3 Å². The molecule has 0 amide bonds. The lowest BCUT2D eigenvalue weighted by atomic mass is 9.97. The molecule has 1 rings (SSSR count). The molecule has 0 saturated heterocycles. The van der Waals surface area contributed by atoms with Gasteiger partial charge >= 0.3 is 0 Å². The Hall–Kier alpha value is -1.02. The van der Waals surface area contributed by atoms with Crippen molar-refractivity contribution >= 4 is 5.69 Å². The standard InChI is InChI=1S/C18H32N2/c1-5-7-10-16(6-2)13-20(15(3)4)14-17-11-8-9-12-18(17)19/h8-9,11-12,15-16H,5-7,10,13-14,19H2,1-4H3. The fourth-order valence-corrected chi connectivity index (χ4v) is 2.60. The SMILES string of the molecule is CCCCC(CC)CN(Cc1ccccc1N)C(C)C. The van der Waals surface area contributed by atoms with Gasteiger partial charge in [0, 0.05) is 24.8 Å². The van der Waals surface area contributed by atoms with Crippen LogP contribution in [0.3, 0.4) is 0 Å². The molecule has 1 aromatic carbocycles. The molecule has 0 aliphatic heterocycles. The highest BCUT2D eigenvalue weighted by atomic mass is 15.1. The van der Waals surface area contributed by atoms with Crippen molar-refractivity contribution in [2.45, 2.75) is 66.0 Å². The first-order chi connectivity index (χ1) is 9.58. The van der Waals surface area contributed by atoms with Crippen molar-refractivity contribution in [2.75, 3.05) is 12.3 Å². The number of nitrogens with two attached hydrogens (primary N) is 1. The van der Waals surface area contributed by atoms with Gasteiger partial charge in [0.1, 0.15) is 0 Å². The normalized spacial score (nSPS) is 13.1. The van der Waals surface area contributed by atoms with Gasteiger partial charge < -0.3 is 5.73 Å². The lowest BCUT2D eigenvalue weighted by molar-refractivity contribution is 0.171. The Kier molecular flexibility index (Phi) is 7.68. The van der Waals surface area contributed by atoms with Crippen LogP contribution in [0.25, 0.3) is 0 Å². The van der Waals surface area contributed by atoms with E-state index < -0.39 is 0 Å². The third-order valence-corrected chi connectivity index (χ3v) is 4.19. The minimum atomic E-state index is 0.560. The predicted octanol–water partition coefficient (Wildman–Crippen LogP) is 4.70. The molecule has 1 atom stereocenters. The summed E-state index contributed by atoms with van der Waals surface area (Å²) in [5.41, 5.74) is 8.26. The van der Waals surface area contributed by atoms with Gasteiger partial charge in [-0.25, -0.2) is 0 Å². The van der Waals surface area contributed by atoms with Gasteiger partial charge in [-0.1, -0.05) is 51.3 Å². The third kappa shape index (κ3) is 5.54. The van der Waals surface area contributed by atoms with Crippen LogP contribution in [-0.2, 0) is 6.54 Å². The number of benzene rings is 1. The van der Waals surface area contributed by atoms with Crippen molar-refractivity contribution in [3.05, 3.63) is 29.8 Å². The molecule has 0 spiro atoms. The van der Waals surface area contributed by atoms with Crippen LogP contribution in [0.4, 0.5) is 5.69 Å². The molecule has 1 unspecified atom stereocenters. The molecule has 2 nitrogen and oxygen atoms in total. The minimum absolute atomic E-state index is 0.560. The van der Waals surface area contributed by atoms with Crippen LogP contribution in [0.1, 0.15) is 58.9 Å². The predicted molar refractivity (Wildman–Crippen MR) is 89.7 cm³/mol. The molecule has 2 N–H and O–H groups in total. The van der Waals surface area contributed by atoms with E-state index in [9.17, 15) is 0 Å². The number of hydrogen-bond donors (Lipinski definition) is 1. The highest BCUT2D eigenvalue weighted by Crippen LogP contribution is 2.20. The fraction of sp³-hybridized carbons (Fsp3) is 0.667. The van der Waals surface area contributed by atoms with E-state index in [1.54, 1.807) is 0 Å². The number of hydrogen-bond acceptors (Lipinski definition) is 2. The molecule has 20 heavy (non-hydrogen) atoms. The maximum Gasteiger partial charge on any atom is 0.0359 e. The largest absolute Gasteiger partial charge is 0.398 e. The molecule has 2 heteroatoms. The lowest BCUT2D eigenvalue weighted by Crippen LogP contribution is -2.35. The first-order valence-electron chi connectivity index (χ1n) is 8.15. The first-order valence-corrected chi connectivity index (χ1v) is 8.15. The van der Waals surface area contributed by atoms with Gasteiger partial charge in [0.2, 0.25) is 0 Å². The number of nitrogens with zero attached hydrogens (tertiary/aromatic N) is 1. The van der Waals surface area contributed by atoms with Crippen LogP contribution in [0.2, 0.25) is 0 Å². The van der Waals surface area contributed by atoms with Crippen LogP contribution in [-0.4, -0.2) is 17.5 Å². The monoisotopic (exact) mass is 276 g/mol. The van der Waals surface area contributed by atoms with E-state index in [0.717, 1.165) is 18.2 Å². The summed E-state index contributed by atoms with van der Waals surface area (Å²) < 4.78 is 0. The molecule has 0 heterocycles. The first kappa shape index (κ1) is 17.0. The summed E-state index contributed by atoms with van der Waals surface area (Å²) in [6.45, 7) is 11.3. The summed E-state index contributed by atoms with van der Waals surface area (Å²) in [7, 11) is 0. The molecule has 0 aliphatic rings. The van der Waals surface area contributed by atoms with Crippen LogP contribution in [0.5, 0.6) is 0 Å². The van der Waals surface area contributed by atoms with Gasteiger partial charge in [-0.15, -0.1) is 0 Å². The van der Waals surface area contributed by atoms with E-state index in [4.69, 9.17) is 5.73 Å². The van der Waals surface area contributed by atoms with E-state index in [1.807, 2.05) is 12.1 Å². The molecular formula is C18H32N2. The van der Waals surface area contributed by atoms with E-state index in [0.29, 0.717) is 6.04 Å². The summed E-state index contributed by atoms with van der Waals surface area (Å²) >= 11 is 0. The Morgan fingerprint density at radius 1 is 1.15 bits per heavy atom. The topological polar surface area (TPSA) is 29.3 Å². The molecule has 0 bridgehead atoms. The van der Waals surface area contributed by atoms with E-state index in [-0.39, 0.29) is 0 Å². The van der Waals surface area contributed by atoms with Gasteiger partial charge in [-0.3, -0.25) is 4.90 Å². The van der Waals surface area contributed by atoms with E-state index in [2.05, 4.69) is 44.7 Å². The van der Waals surface area contributed by atoms with Crippen LogP contribution < -0.4 is 5.73 Å². The second kappa shape index (κ2) is 9.02. The smallest absolute Gasteiger partial charge is 0.0359 e. The maximum atomic E-state index is 6.09. The lowest BCUT2D eigenvalue weighted by Gasteiger charge is -2.31. The Balaban J connectivity index is 2.66. The average Bonchev–Trinajstić information content (AvgIpc) is 2.44. The van der Waals surface area contributed by atoms with E-state index >= 15 is 0 Å². The van der Waals surface area contributed by atoms with Crippen molar-refractivity contribution < 1.29 is 0 Å². The van der Waals surface area contributed by atoms with Crippen LogP contribution >= 0.6 is 0 Å². The highest BCUT2D eigenvalue weighted by Gasteiger charge is 2.16. The number of nitrogen functional groups attached to an aromatic ring is 1. The van der Waals surface area contributed by atoms with E-state index in [1.165, 1.54) is 37.8 Å². The van der Waals surface area contributed by atoms with Gasteiger partial charge in [0.05, 0.1) is 0 Å². The molecule has 0 aliphatic carbocycles. The fourth-order valence-electron chi connectivity index (χ4n) is 2.60. The Bertz CT molecular complexity index is 373. The molecular weight excluding hydrogens is 244 g/mol. The summed E-state index contributed by atoms with van der Waals surface area (Å²) in [4.78, 5) is 2.56. The Morgan fingerprint density at radius 2 is 1.85 bits per heavy atom. The summed E-state index contributed by atoms with van der Waals surface area (Å²) in [6.07, 6.45) is 5.26. The number of anilines is 1. The average molecular weight is 276 g/mol. The zero-order valence-electron chi connectivity index (χ0n) is 13.7. The Labute approximate surface area is 125 Å². The molecule has 1 aromatic rings. The van der Waals surface area contributed by atoms with Gasteiger partial charge in [-0.05, 0) is 37.8 Å². The Morgan fingerprint density at radius 3 is 2.40 bits per heavy atom. The molecule has 114 valence electrons. The van der Waals surface area contributed by atoms with Gasteiger partial charge in [-0.2, -0.15) is 0 Å². The van der Waals surface area contributed by atoms with Gasteiger partial charge in [0.25, 0.3) is 0 Å². The van der Waals surface area contributed by atoms with Crippen molar-refractivity contribution in [3.63, 3.8) is 0 Å². The number of unbranched alkanes of at least 4 members (excludes halogenated alkanes) is 1. The minimum Gasteiger partial charge on any atom is -0.398 e. The highest BCUT2D eigenvalue weighted by molar-refractivity contribution is 5.46. The summed E-state index contributed by atoms with van der Waals surface area (Å²) in [6, 6.07) is 8.80. The number of para-hydroxylation sites is 1. The zero-order chi connectivity index (χ0) is 15.0. The van der Waals surface area contributed by atoms with Crippen molar-refractivity contribution in [1.82, 2.24) is 4.90 Å². The second-order valence-corrected chi connectivity index (χ2v) is 6.14.